The van der Waals surface area contributed by atoms with E-state index in [1.807, 2.05) is 18.2 Å². The molecule has 1 aromatic rings. The van der Waals surface area contributed by atoms with Gasteiger partial charge < -0.3 is 14.6 Å². The number of aliphatic hydroxyl groups excluding tert-OH is 1. The number of aliphatic hydroxyl groups is 1. The first-order valence-electron chi connectivity index (χ1n) is 5.16. The van der Waals surface area contributed by atoms with Crippen molar-refractivity contribution in [3.63, 3.8) is 0 Å². The molecule has 1 atom stereocenters. The Kier molecular flexibility index (Phi) is 5.80. The predicted molar refractivity (Wildman–Crippen MR) is 66.9 cm³/mol. The van der Waals surface area contributed by atoms with Crippen LogP contribution >= 0.6 is 15.9 Å². The molecule has 0 spiro atoms. The second kappa shape index (κ2) is 6.89. The lowest BCUT2D eigenvalue weighted by Crippen LogP contribution is -2.13. The van der Waals surface area contributed by atoms with Gasteiger partial charge in [-0.2, -0.15) is 0 Å². The van der Waals surface area contributed by atoms with Gasteiger partial charge in [0.15, 0.2) is 0 Å². The van der Waals surface area contributed by atoms with E-state index in [4.69, 9.17) is 9.47 Å². The highest BCUT2D eigenvalue weighted by molar-refractivity contribution is 9.10. The lowest BCUT2D eigenvalue weighted by atomic mass is 10.1. The zero-order valence-electron chi connectivity index (χ0n) is 9.57. The van der Waals surface area contributed by atoms with Crippen molar-refractivity contribution in [2.24, 2.45) is 0 Å². The van der Waals surface area contributed by atoms with E-state index in [2.05, 4.69) is 15.9 Å². The number of hydrogen-bond acceptors (Lipinski definition) is 3. The average molecular weight is 289 g/mol. The topological polar surface area (TPSA) is 38.7 Å². The zero-order chi connectivity index (χ0) is 12.0. The summed E-state index contributed by atoms with van der Waals surface area (Å²) in [7, 11) is 3.26. The first-order chi connectivity index (χ1) is 7.67. The molecule has 0 fully saturated rings. The molecule has 1 rings (SSSR count). The molecule has 0 bridgehead atoms. The first-order valence-corrected chi connectivity index (χ1v) is 5.96. The maximum Gasteiger partial charge on any atom is 0.122 e. The minimum atomic E-state index is -0.400. The second-order valence-corrected chi connectivity index (χ2v) is 4.51. The number of hydrogen-bond donors (Lipinski definition) is 1. The number of ether oxygens (including phenoxy) is 2. The smallest absolute Gasteiger partial charge is 0.122 e. The molecule has 1 unspecified atom stereocenters. The summed E-state index contributed by atoms with van der Waals surface area (Å²) in [5.74, 6) is 0.805. The maximum atomic E-state index is 9.79. The van der Waals surface area contributed by atoms with Crippen LogP contribution in [0.4, 0.5) is 0 Å². The van der Waals surface area contributed by atoms with Gasteiger partial charge in [-0.05, 0) is 30.2 Å². The summed E-state index contributed by atoms with van der Waals surface area (Å²) in [5.41, 5.74) is 1.00. The van der Waals surface area contributed by atoms with Gasteiger partial charge in [0.05, 0.1) is 13.2 Å². The zero-order valence-corrected chi connectivity index (χ0v) is 11.2. The summed E-state index contributed by atoms with van der Waals surface area (Å²) in [6.45, 7) is 0.567. The van der Waals surface area contributed by atoms with Crippen LogP contribution in [0.15, 0.2) is 22.7 Å². The Morgan fingerprint density at radius 3 is 2.75 bits per heavy atom. The summed E-state index contributed by atoms with van der Waals surface area (Å²) in [4.78, 5) is 0. The van der Waals surface area contributed by atoms with Gasteiger partial charge in [0.25, 0.3) is 0 Å². The molecule has 1 N–H and O–H groups in total. The second-order valence-electron chi connectivity index (χ2n) is 3.60. The molecule has 0 aromatic heterocycles. The van der Waals surface area contributed by atoms with E-state index in [0.29, 0.717) is 19.4 Å². The van der Waals surface area contributed by atoms with Crippen LogP contribution in [0.5, 0.6) is 5.75 Å². The highest BCUT2D eigenvalue weighted by Gasteiger charge is 2.10. The van der Waals surface area contributed by atoms with Gasteiger partial charge in [0.1, 0.15) is 5.75 Å². The Morgan fingerprint density at radius 2 is 2.12 bits per heavy atom. The van der Waals surface area contributed by atoms with Crippen molar-refractivity contribution in [2.75, 3.05) is 20.8 Å². The monoisotopic (exact) mass is 288 g/mol. The first kappa shape index (κ1) is 13.5. The van der Waals surface area contributed by atoms with Gasteiger partial charge in [0, 0.05) is 24.6 Å². The molecule has 0 amide bonds. The fraction of sp³-hybridized carbons (Fsp3) is 0.500. The SMILES string of the molecule is COCCC(O)Cc1cc(Br)ccc1OC. The van der Waals surface area contributed by atoms with E-state index in [-0.39, 0.29) is 0 Å². The molecular formula is C12H17BrO3. The third-order valence-corrected chi connectivity index (χ3v) is 2.85. The molecule has 1 aromatic carbocycles. The van der Waals surface area contributed by atoms with E-state index in [1.165, 1.54) is 0 Å². The van der Waals surface area contributed by atoms with Crippen molar-refractivity contribution in [3.8, 4) is 5.75 Å². The van der Waals surface area contributed by atoms with Crippen molar-refractivity contribution in [3.05, 3.63) is 28.2 Å². The number of benzene rings is 1. The van der Waals surface area contributed by atoms with E-state index < -0.39 is 6.10 Å². The summed E-state index contributed by atoms with van der Waals surface area (Å²) < 4.78 is 11.2. The molecule has 0 aliphatic heterocycles. The maximum absolute atomic E-state index is 9.79. The Morgan fingerprint density at radius 1 is 1.38 bits per heavy atom. The van der Waals surface area contributed by atoms with E-state index in [0.717, 1.165) is 15.8 Å². The van der Waals surface area contributed by atoms with Crippen molar-refractivity contribution in [1.29, 1.82) is 0 Å². The summed E-state index contributed by atoms with van der Waals surface area (Å²) in [5, 5.41) is 9.79. The standard InChI is InChI=1S/C12H17BrO3/c1-15-6-5-11(14)8-9-7-10(13)3-4-12(9)16-2/h3-4,7,11,14H,5-6,8H2,1-2H3. The lowest BCUT2D eigenvalue weighted by Gasteiger charge is -2.13. The van der Waals surface area contributed by atoms with Gasteiger partial charge >= 0.3 is 0 Å². The minimum Gasteiger partial charge on any atom is -0.496 e. The third-order valence-electron chi connectivity index (χ3n) is 2.35. The fourth-order valence-electron chi connectivity index (χ4n) is 1.52. The molecular weight excluding hydrogens is 272 g/mol. The van der Waals surface area contributed by atoms with Crippen LogP contribution in [0.2, 0.25) is 0 Å². The van der Waals surface area contributed by atoms with Crippen LogP contribution in [0.25, 0.3) is 0 Å². The molecule has 0 aliphatic rings. The van der Waals surface area contributed by atoms with E-state index in [1.54, 1.807) is 14.2 Å². The van der Waals surface area contributed by atoms with Crippen LogP contribution < -0.4 is 4.74 Å². The van der Waals surface area contributed by atoms with Crippen LogP contribution in [0.1, 0.15) is 12.0 Å². The van der Waals surface area contributed by atoms with Crippen LogP contribution in [0, 0.1) is 0 Å². The Labute approximate surface area is 105 Å². The highest BCUT2D eigenvalue weighted by Crippen LogP contribution is 2.24. The quantitative estimate of drug-likeness (QED) is 0.874. The Hall–Kier alpha value is -0.580. The van der Waals surface area contributed by atoms with Crippen molar-refractivity contribution < 1.29 is 14.6 Å². The third kappa shape index (κ3) is 4.12. The summed E-state index contributed by atoms with van der Waals surface area (Å²) in [6, 6.07) is 5.78. The fourth-order valence-corrected chi connectivity index (χ4v) is 1.92. The molecule has 0 heterocycles. The molecule has 0 aliphatic carbocycles. The lowest BCUT2D eigenvalue weighted by molar-refractivity contribution is 0.109. The molecule has 90 valence electrons. The van der Waals surface area contributed by atoms with Crippen LogP contribution in [-0.4, -0.2) is 32.0 Å². The Balaban J connectivity index is 2.67. The molecule has 0 saturated heterocycles. The minimum absolute atomic E-state index is 0.400. The number of halogens is 1. The molecule has 3 nitrogen and oxygen atoms in total. The van der Waals surface area contributed by atoms with Crippen LogP contribution in [-0.2, 0) is 11.2 Å². The normalized spacial score (nSPS) is 12.5. The van der Waals surface area contributed by atoms with E-state index >= 15 is 0 Å². The van der Waals surface area contributed by atoms with Gasteiger partial charge in [-0.1, -0.05) is 15.9 Å². The average Bonchev–Trinajstić information content (AvgIpc) is 2.27. The molecule has 0 radical (unpaired) electrons. The van der Waals surface area contributed by atoms with Gasteiger partial charge in [-0.3, -0.25) is 0 Å². The number of methoxy groups -OCH3 is 2. The van der Waals surface area contributed by atoms with Crippen molar-refractivity contribution in [2.45, 2.75) is 18.9 Å². The molecule has 16 heavy (non-hydrogen) atoms. The largest absolute Gasteiger partial charge is 0.496 e. The van der Waals surface area contributed by atoms with Gasteiger partial charge in [-0.25, -0.2) is 0 Å². The predicted octanol–water partition coefficient (Wildman–Crippen LogP) is 2.40. The number of rotatable bonds is 6. The van der Waals surface area contributed by atoms with E-state index in [9.17, 15) is 5.11 Å². The summed E-state index contributed by atoms with van der Waals surface area (Å²) >= 11 is 3.41. The van der Waals surface area contributed by atoms with Crippen molar-refractivity contribution >= 4 is 15.9 Å². The van der Waals surface area contributed by atoms with Gasteiger partial charge in [0.2, 0.25) is 0 Å². The van der Waals surface area contributed by atoms with Crippen LogP contribution in [0.3, 0.4) is 0 Å². The highest BCUT2D eigenvalue weighted by atomic mass is 79.9. The molecule has 0 saturated carbocycles. The van der Waals surface area contributed by atoms with Gasteiger partial charge in [-0.15, -0.1) is 0 Å². The summed E-state index contributed by atoms with van der Waals surface area (Å²) in [6.07, 6.45) is 0.807. The Bertz CT molecular complexity index is 328. The molecule has 4 heteroatoms. The van der Waals surface area contributed by atoms with Crippen molar-refractivity contribution in [1.82, 2.24) is 0 Å².